The Balaban J connectivity index is 1.68. The number of rotatable bonds is 9. The number of aryl methyl sites for hydroxylation is 1. The number of nitrogens with zero attached hydrogens (tertiary/aromatic N) is 2. The molecule has 3 rings (SSSR count). The SMILES string of the molecule is CCc1ccc(CN(C)C(=O)C[C@@H]2C(=O)NCCN2Cc2ccc(OC)cc2OC)cc1. The van der Waals surface area contributed by atoms with Crippen LogP contribution in [0.15, 0.2) is 42.5 Å². The maximum Gasteiger partial charge on any atom is 0.237 e. The zero-order valence-electron chi connectivity index (χ0n) is 19.4. The molecule has 1 saturated heterocycles. The van der Waals surface area contributed by atoms with E-state index in [2.05, 4.69) is 36.5 Å². The Labute approximate surface area is 190 Å². The number of carbonyl (C=O) groups excluding carboxylic acids is 2. The first kappa shape index (κ1) is 23.6. The van der Waals surface area contributed by atoms with Gasteiger partial charge in [-0.3, -0.25) is 14.5 Å². The average molecular weight is 440 g/mol. The predicted molar refractivity (Wildman–Crippen MR) is 124 cm³/mol. The van der Waals surface area contributed by atoms with Crippen LogP contribution in [0.2, 0.25) is 0 Å². The van der Waals surface area contributed by atoms with Gasteiger partial charge >= 0.3 is 0 Å². The molecule has 0 aromatic heterocycles. The van der Waals surface area contributed by atoms with Crippen LogP contribution in [0.1, 0.15) is 30.0 Å². The molecule has 1 aliphatic heterocycles. The Morgan fingerprint density at radius 2 is 1.84 bits per heavy atom. The van der Waals surface area contributed by atoms with Gasteiger partial charge in [0, 0.05) is 44.9 Å². The number of hydrogen-bond acceptors (Lipinski definition) is 5. The van der Waals surface area contributed by atoms with E-state index in [4.69, 9.17) is 9.47 Å². The lowest BCUT2D eigenvalue weighted by Crippen LogP contribution is -2.56. The van der Waals surface area contributed by atoms with Crippen molar-refractivity contribution < 1.29 is 19.1 Å². The summed E-state index contributed by atoms with van der Waals surface area (Å²) in [6, 6.07) is 13.4. The van der Waals surface area contributed by atoms with Crippen molar-refractivity contribution in [3.63, 3.8) is 0 Å². The first-order chi connectivity index (χ1) is 15.4. The van der Waals surface area contributed by atoms with Gasteiger partial charge in [-0.05, 0) is 23.6 Å². The van der Waals surface area contributed by atoms with Gasteiger partial charge in [0.2, 0.25) is 11.8 Å². The zero-order valence-corrected chi connectivity index (χ0v) is 19.4. The molecule has 0 bridgehead atoms. The number of ether oxygens (including phenoxy) is 2. The van der Waals surface area contributed by atoms with Crippen molar-refractivity contribution in [3.8, 4) is 11.5 Å². The van der Waals surface area contributed by atoms with Crippen molar-refractivity contribution in [2.45, 2.75) is 38.9 Å². The maximum atomic E-state index is 13.0. The van der Waals surface area contributed by atoms with Crippen molar-refractivity contribution in [2.75, 3.05) is 34.4 Å². The van der Waals surface area contributed by atoms with Crippen molar-refractivity contribution in [3.05, 3.63) is 59.2 Å². The van der Waals surface area contributed by atoms with Crippen LogP contribution < -0.4 is 14.8 Å². The van der Waals surface area contributed by atoms with Crippen molar-refractivity contribution >= 4 is 11.8 Å². The molecule has 0 spiro atoms. The minimum atomic E-state index is -0.520. The van der Waals surface area contributed by atoms with Crippen LogP contribution in [0, 0.1) is 0 Å². The largest absolute Gasteiger partial charge is 0.497 e. The lowest BCUT2D eigenvalue weighted by molar-refractivity contribution is -0.138. The molecule has 2 aromatic carbocycles. The molecule has 1 atom stereocenters. The summed E-state index contributed by atoms with van der Waals surface area (Å²) in [7, 11) is 5.01. The lowest BCUT2D eigenvalue weighted by Gasteiger charge is -2.35. The third-order valence-corrected chi connectivity index (χ3v) is 5.95. The summed E-state index contributed by atoms with van der Waals surface area (Å²) in [5.41, 5.74) is 3.29. The number of amides is 2. The molecule has 0 radical (unpaired) electrons. The fourth-order valence-corrected chi connectivity index (χ4v) is 3.94. The molecule has 2 aromatic rings. The molecule has 32 heavy (non-hydrogen) atoms. The van der Waals surface area contributed by atoms with Gasteiger partial charge in [-0.2, -0.15) is 0 Å². The van der Waals surface area contributed by atoms with E-state index < -0.39 is 6.04 Å². The van der Waals surface area contributed by atoms with Gasteiger partial charge in [-0.15, -0.1) is 0 Å². The molecular weight excluding hydrogens is 406 g/mol. The maximum absolute atomic E-state index is 13.0. The molecular formula is C25H33N3O4. The topological polar surface area (TPSA) is 71.1 Å². The average Bonchev–Trinajstić information content (AvgIpc) is 2.81. The Kier molecular flexibility index (Phi) is 8.11. The molecule has 0 unspecified atom stereocenters. The molecule has 7 nitrogen and oxygen atoms in total. The molecule has 1 fully saturated rings. The van der Waals surface area contributed by atoms with Crippen molar-refractivity contribution in [1.29, 1.82) is 0 Å². The van der Waals surface area contributed by atoms with Crippen LogP contribution in [0.25, 0.3) is 0 Å². The number of benzene rings is 2. The van der Waals surface area contributed by atoms with Gasteiger partial charge in [0.15, 0.2) is 0 Å². The standard InChI is InChI=1S/C25H33N3O4/c1-5-18-6-8-19(9-7-18)16-27(2)24(29)15-22-25(30)26-12-13-28(22)17-20-10-11-21(31-3)14-23(20)32-4/h6-11,14,22H,5,12-13,15-17H2,1-4H3,(H,26,30)/t22-/m1/s1. The minimum absolute atomic E-state index is 0.0571. The van der Waals surface area contributed by atoms with E-state index in [0.29, 0.717) is 37.7 Å². The fraction of sp³-hybridized carbons (Fsp3) is 0.440. The van der Waals surface area contributed by atoms with Crippen LogP contribution >= 0.6 is 0 Å². The van der Waals surface area contributed by atoms with E-state index in [1.54, 1.807) is 26.2 Å². The molecule has 7 heteroatoms. The Morgan fingerprint density at radius 3 is 2.50 bits per heavy atom. The quantitative estimate of drug-likeness (QED) is 0.650. The highest BCUT2D eigenvalue weighted by Gasteiger charge is 2.33. The van der Waals surface area contributed by atoms with E-state index in [-0.39, 0.29) is 18.2 Å². The van der Waals surface area contributed by atoms with Crippen LogP contribution in [0.4, 0.5) is 0 Å². The van der Waals surface area contributed by atoms with Crippen molar-refractivity contribution in [1.82, 2.24) is 15.1 Å². The third kappa shape index (κ3) is 5.79. The second-order valence-electron chi connectivity index (χ2n) is 8.08. The summed E-state index contributed by atoms with van der Waals surface area (Å²) in [4.78, 5) is 29.4. The summed E-state index contributed by atoms with van der Waals surface area (Å²) in [5.74, 6) is 1.24. The number of piperazine rings is 1. The summed E-state index contributed by atoms with van der Waals surface area (Å²) >= 11 is 0. The zero-order chi connectivity index (χ0) is 23.1. The van der Waals surface area contributed by atoms with Crippen LogP contribution in [-0.2, 0) is 29.1 Å². The third-order valence-electron chi connectivity index (χ3n) is 5.95. The number of hydrogen-bond donors (Lipinski definition) is 1. The highest BCUT2D eigenvalue weighted by Crippen LogP contribution is 2.27. The molecule has 0 saturated carbocycles. The van der Waals surface area contributed by atoms with Gasteiger partial charge < -0.3 is 19.7 Å². The first-order valence-corrected chi connectivity index (χ1v) is 11.0. The Hall–Kier alpha value is -3.06. The lowest BCUT2D eigenvalue weighted by atomic mass is 10.0. The van der Waals surface area contributed by atoms with Gasteiger partial charge in [0.25, 0.3) is 0 Å². The monoisotopic (exact) mass is 439 g/mol. The molecule has 1 N–H and O–H groups in total. The smallest absolute Gasteiger partial charge is 0.237 e. The molecule has 2 amide bonds. The van der Waals surface area contributed by atoms with E-state index in [1.165, 1.54) is 5.56 Å². The number of nitrogens with one attached hydrogen (secondary N) is 1. The second-order valence-corrected chi connectivity index (χ2v) is 8.08. The van der Waals surface area contributed by atoms with Gasteiger partial charge in [-0.25, -0.2) is 0 Å². The van der Waals surface area contributed by atoms with Crippen LogP contribution in [-0.4, -0.2) is 62.0 Å². The first-order valence-electron chi connectivity index (χ1n) is 11.0. The fourth-order valence-electron chi connectivity index (χ4n) is 3.94. The van der Waals surface area contributed by atoms with Crippen LogP contribution in [0.3, 0.4) is 0 Å². The van der Waals surface area contributed by atoms with E-state index in [9.17, 15) is 9.59 Å². The number of methoxy groups -OCH3 is 2. The van der Waals surface area contributed by atoms with Crippen molar-refractivity contribution in [2.24, 2.45) is 0 Å². The molecule has 1 aliphatic rings. The van der Waals surface area contributed by atoms with E-state index >= 15 is 0 Å². The highest BCUT2D eigenvalue weighted by molar-refractivity contribution is 5.88. The summed E-state index contributed by atoms with van der Waals surface area (Å²) in [6.45, 7) is 4.38. The van der Waals surface area contributed by atoms with E-state index in [1.807, 2.05) is 23.1 Å². The van der Waals surface area contributed by atoms with E-state index in [0.717, 1.165) is 17.5 Å². The summed E-state index contributed by atoms with van der Waals surface area (Å²) in [5, 5.41) is 2.90. The summed E-state index contributed by atoms with van der Waals surface area (Å²) in [6.07, 6.45) is 1.12. The summed E-state index contributed by atoms with van der Waals surface area (Å²) < 4.78 is 10.8. The Morgan fingerprint density at radius 1 is 1.12 bits per heavy atom. The van der Waals surface area contributed by atoms with Crippen LogP contribution in [0.5, 0.6) is 11.5 Å². The molecule has 1 heterocycles. The number of carbonyl (C=O) groups is 2. The molecule has 172 valence electrons. The Bertz CT molecular complexity index is 929. The second kappa shape index (κ2) is 11.0. The van der Waals surface area contributed by atoms with Gasteiger partial charge in [-0.1, -0.05) is 37.3 Å². The molecule has 0 aliphatic carbocycles. The van der Waals surface area contributed by atoms with Gasteiger partial charge in [0.1, 0.15) is 11.5 Å². The predicted octanol–water partition coefficient (Wildman–Crippen LogP) is 2.62. The normalized spacial score (nSPS) is 16.4. The highest BCUT2D eigenvalue weighted by atomic mass is 16.5. The minimum Gasteiger partial charge on any atom is -0.497 e. The van der Waals surface area contributed by atoms with Gasteiger partial charge in [0.05, 0.1) is 26.7 Å².